The van der Waals surface area contributed by atoms with Crippen LogP contribution in [0.2, 0.25) is 0 Å². The number of likely N-dealkylation sites (tertiary alicyclic amines) is 1. The van der Waals surface area contributed by atoms with Crippen LogP contribution in [0.3, 0.4) is 0 Å². The minimum Gasteiger partial charge on any atom is -0.351 e. The van der Waals surface area contributed by atoms with Crippen LogP contribution in [0, 0.1) is 0 Å². The van der Waals surface area contributed by atoms with E-state index in [1.807, 2.05) is 30.3 Å². The fourth-order valence-electron chi connectivity index (χ4n) is 3.66. The molecule has 1 N–H and O–H groups in total. The lowest BCUT2D eigenvalue weighted by molar-refractivity contribution is -0.152. The molecule has 1 aromatic carbocycles. The maximum atomic E-state index is 12.7. The zero-order valence-electron chi connectivity index (χ0n) is 14.6. The van der Waals surface area contributed by atoms with Crippen molar-refractivity contribution in [2.45, 2.75) is 12.8 Å². The molecular weight excluding hydrogens is 332 g/mol. The van der Waals surface area contributed by atoms with Gasteiger partial charge in [-0.25, -0.2) is 0 Å². The first kappa shape index (κ1) is 16.6. The molecule has 2 aromatic rings. The van der Waals surface area contributed by atoms with E-state index in [0.29, 0.717) is 45.0 Å². The lowest BCUT2D eigenvalue weighted by Gasteiger charge is -2.34. The quantitative estimate of drug-likeness (QED) is 0.779. The van der Waals surface area contributed by atoms with Crippen LogP contribution in [-0.4, -0.2) is 76.7 Å². The van der Waals surface area contributed by atoms with Crippen LogP contribution in [0.15, 0.2) is 30.3 Å². The summed E-state index contributed by atoms with van der Waals surface area (Å²) in [5.41, 5.74) is 1.49. The average molecular weight is 354 g/mol. The Balaban J connectivity index is 1.37. The largest absolute Gasteiger partial charge is 0.351 e. The summed E-state index contributed by atoms with van der Waals surface area (Å²) in [6.45, 7) is 3.00. The number of hydrogen-bond donors (Lipinski definition) is 1. The summed E-state index contributed by atoms with van der Waals surface area (Å²) in [5.74, 6) is -0.915. The molecule has 7 heteroatoms. The van der Waals surface area contributed by atoms with Crippen molar-refractivity contribution in [2.75, 3.05) is 39.3 Å². The molecule has 0 atom stereocenters. The van der Waals surface area contributed by atoms with Crippen molar-refractivity contribution < 1.29 is 14.4 Å². The van der Waals surface area contributed by atoms with Gasteiger partial charge in [0, 0.05) is 50.2 Å². The molecule has 0 unspecified atom stereocenters. The maximum Gasteiger partial charge on any atom is 0.312 e. The third kappa shape index (κ3) is 3.05. The average Bonchev–Trinajstić information content (AvgIpc) is 3.36. The Morgan fingerprint density at radius 1 is 0.769 bits per heavy atom. The second-order valence-electron chi connectivity index (χ2n) is 6.85. The van der Waals surface area contributed by atoms with Crippen LogP contribution in [-0.2, 0) is 9.59 Å². The summed E-state index contributed by atoms with van der Waals surface area (Å²) in [6.07, 6.45) is 1.93. The first-order valence-electron chi connectivity index (χ1n) is 9.09. The van der Waals surface area contributed by atoms with Gasteiger partial charge < -0.3 is 19.7 Å². The molecule has 0 aliphatic carbocycles. The van der Waals surface area contributed by atoms with Crippen LogP contribution in [0.1, 0.15) is 23.3 Å². The van der Waals surface area contributed by atoms with E-state index in [4.69, 9.17) is 0 Å². The lowest BCUT2D eigenvalue weighted by Crippen LogP contribution is -2.54. The zero-order chi connectivity index (χ0) is 18.1. The Labute approximate surface area is 151 Å². The molecular formula is C19H22N4O3. The number of carbonyl (C=O) groups is 3. The number of piperazine rings is 1. The molecule has 4 rings (SSSR count). The molecule has 0 spiro atoms. The number of fused-ring (bicyclic) bond motifs is 1. The van der Waals surface area contributed by atoms with Gasteiger partial charge in [-0.1, -0.05) is 18.2 Å². The Morgan fingerprint density at radius 3 is 2.00 bits per heavy atom. The van der Waals surface area contributed by atoms with E-state index in [-0.39, 0.29) is 5.91 Å². The number of para-hydroxylation sites is 1. The van der Waals surface area contributed by atoms with Gasteiger partial charge in [0.1, 0.15) is 5.69 Å². The third-order valence-electron chi connectivity index (χ3n) is 5.19. The molecule has 1 aromatic heterocycles. The van der Waals surface area contributed by atoms with E-state index in [9.17, 15) is 14.4 Å². The minimum absolute atomic E-state index is 0.0702. The number of amides is 3. The molecule has 2 aliphatic heterocycles. The van der Waals surface area contributed by atoms with Gasteiger partial charge in [0.2, 0.25) is 0 Å². The van der Waals surface area contributed by atoms with Gasteiger partial charge >= 0.3 is 11.8 Å². The topological polar surface area (TPSA) is 76.7 Å². The van der Waals surface area contributed by atoms with E-state index in [0.717, 1.165) is 23.7 Å². The number of rotatable bonds is 1. The fraction of sp³-hybridized carbons (Fsp3) is 0.421. The van der Waals surface area contributed by atoms with Gasteiger partial charge in [-0.3, -0.25) is 14.4 Å². The molecule has 3 heterocycles. The van der Waals surface area contributed by atoms with Crippen molar-refractivity contribution >= 4 is 28.6 Å². The SMILES string of the molecule is O=C(C(=O)N1CCN(C(=O)c2cc3ccccc3[nH]2)CC1)N1CCCC1. The molecule has 136 valence electrons. The summed E-state index contributed by atoms with van der Waals surface area (Å²) in [4.78, 5) is 45.4. The molecule has 0 bridgehead atoms. The first-order chi connectivity index (χ1) is 12.6. The van der Waals surface area contributed by atoms with E-state index in [2.05, 4.69) is 4.98 Å². The summed E-state index contributed by atoms with van der Waals surface area (Å²) in [7, 11) is 0. The number of benzene rings is 1. The lowest BCUT2D eigenvalue weighted by atomic mass is 10.2. The fourth-order valence-corrected chi connectivity index (χ4v) is 3.66. The molecule has 0 saturated carbocycles. The molecule has 26 heavy (non-hydrogen) atoms. The van der Waals surface area contributed by atoms with Gasteiger partial charge in [-0.15, -0.1) is 0 Å². The Morgan fingerprint density at radius 2 is 1.35 bits per heavy atom. The van der Waals surface area contributed by atoms with Crippen LogP contribution in [0.25, 0.3) is 10.9 Å². The highest BCUT2D eigenvalue weighted by Gasteiger charge is 2.32. The van der Waals surface area contributed by atoms with E-state index >= 15 is 0 Å². The second kappa shape index (κ2) is 6.82. The number of nitrogens with one attached hydrogen (secondary N) is 1. The Kier molecular flexibility index (Phi) is 4.36. The Hall–Kier alpha value is -2.83. The Bertz CT molecular complexity index is 812. The summed E-state index contributed by atoms with van der Waals surface area (Å²) < 4.78 is 0. The highest BCUT2D eigenvalue weighted by molar-refractivity contribution is 6.35. The molecule has 7 nitrogen and oxygen atoms in total. The van der Waals surface area contributed by atoms with Crippen molar-refractivity contribution in [1.29, 1.82) is 0 Å². The number of H-pyrrole nitrogens is 1. The summed E-state index contributed by atoms with van der Waals surface area (Å²) >= 11 is 0. The van der Waals surface area contributed by atoms with Crippen LogP contribution >= 0.6 is 0 Å². The maximum absolute atomic E-state index is 12.7. The normalized spacial score (nSPS) is 17.8. The van der Waals surface area contributed by atoms with Gasteiger partial charge in [0.05, 0.1) is 0 Å². The van der Waals surface area contributed by atoms with Crippen molar-refractivity contribution in [3.05, 3.63) is 36.0 Å². The second-order valence-corrected chi connectivity index (χ2v) is 6.85. The van der Waals surface area contributed by atoms with E-state index < -0.39 is 11.8 Å². The number of carbonyl (C=O) groups excluding carboxylic acids is 3. The van der Waals surface area contributed by atoms with Crippen LogP contribution in [0.5, 0.6) is 0 Å². The summed E-state index contributed by atoms with van der Waals surface area (Å²) in [6, 6.07) is 9.61. The van der Waals surface area contributed by atoms with Crippen molar-refractivity contribution in [2.24, 2.45) is 0 Å². The molecule has 2 aliphatic rings. The highest BCUT2D eigenvalue weighted by atomic mass is 16.2. The summed E-state index contributed by atoms with van der Waals surface area (Å²) in [5, 5.41) is 1.00. The van der Waals surface area contributed by atoms with Crippen molar-refractivity contribution in [3.63, 3.8) is 0 Å². The molecule has 0 radical (unpaired) electrons. The van der Waals surface area contributed by atoms with Crippen molar-refractivity contribution in [1.82, 2.24) is 19.7 Å². The third-order valence-corrected chi connectivity index (χ3v) is 5.19. The number of aromatic amines is 1. The number of hydrogen-bond acceptors (Lipinski definition) is 3. The van der Waals surface area contributed by atoms with Gasteiger partial charge in [0.25, 0.3) is 5.91 Å². The zero-order valence-corrected chi connectivity index (χ0v) is 14.6. The smallest absolute Gasteiger partial charge is 0.312 e. The van der Waals surface area contributed by atoms with Gasteiger partial charge in [-0.05, 0) is 25.0 Å². The standard InChI is InChI=1S/C19H22N4O3/c24-17(16-13-14-5-1-2-6-15(14)20-16)22-9-11-23(12-10-22)19(26)18(25)21-7-3-4-8-21/h1-2,5-6,13,20H,3-4,7-12H2. The van der Waals surface area contributed by atoms with Crippen LogP contribution < -0.4 is 0 Å². The minimum atomic E-state index is -0.440. The molecule has 3 amide bonds. The van der Waals surface area contributed by atoms with Crippen molar-refractivity contribution in [3.8, 4) is 0 Å². The number of aromatic nitrogens is 1. The predicted octanol–water partition coefficient (Wildman–Crippen LogP) is 1.07. The van der Waals surface area contributed by atoms with Gasteiger partial charge in [-0.2, -0.15) is 0 Å². The predicted molar refractivity (Wildman–Crippen MR) is 96.6 cm³/mol. The number of nitrogens with zero attached hydrogens (tertiary/aromatic N) is 3. The molecule has 2 saturated heterocycles. The van der Waals surface area contributed by atoms with Crippen LogP contribution in [0.4, 0.5) is 0 Å². The highest BCUT2D eigenvalue weighted by Crippen LogP contribution is 2.17. The molecule has 2 fully saturated rings. The van der Waals surface area contributed by atoms with E-state index in [1.54, 1.807) is 14.7 Å². The van der Waals surface area contributed by atoms with E-state index in [1.165, 1.54) is 0 Å². The first-order valence-corrected chi connectivity index (χ1v) is 9.09. The monoisotopic (exact) mass is 354 g/mol. The van der Waals surface area contributed by atoms with Gasteiger partial charge in [0.15, 0.2) is 0 Å².